The van der Waals surface area contributed by atoms with Crippen LogP contribution in [0.2, 0.25) is 18.1 Å². The molecule has 0 unspecified atom stereocenters. The summed E-state index contributed by atoms with van der Waals surface area (Å²) in [6, 6.07) is 2.25. The molecule has 2 rings (SSSR count). The van der Waals surface area contributed by atoms with Gasteiger partial charge in [0.15, 0.2) is 8.32 Å². The van der Waals surface area contributed by atoms with E-state index in [9.17, 15) is 0 Å². The number of nitrogens with one attached hydrogen (secondary N) is 1. The molecule has 0 radical (unpaired) electrons. The Morgan fingerprint density at radius 3 is 2.50 bits per heavy atom. The average molecular weight is 292 g/mol. The average Bonchev–Trinajstić information content (AvgIpc) is 3.19. The molecule has 0 amide bonds. The Labute approximate surface area is 124 Å². The largest absolute Gasteiger partial charge is 0.411 e. The van der Waals surface area contributed by atoms with Crippen molar-refractivity contribution in [3.63, 3.8) is 0 Å². The Bertz CT molecular complexity index is 476. The molecule has 1 aromatic heterocycles. The summed E-state index contributed by atoms with van der Waals surface area (Å²) in [6.45, 7) is 12.1. The molecule has 1 N–H and O–H groups in total. The zero-order valence-electron chi connectivity index (χ0n) is 13.7. The van der Waals surface area contributed by atoms with Crippen molar-refractivity contribution in [2.24, 2.45) is 0 Å². The van der Waals surface area contributed by atoms with E-state index in [-0.39, 0.29) is 5.04 Å². The van der Waals surface area contributed by atoms with Crippen LogP contribution in [-0.2, 0) is 11.0 Å². The van der Waals surface area contributed by atoms with Gasteiger partial charge in [0.25, 0.3) is 0 Å². The Kier molecular flexibility index (Phi) is 4.26. The second kappa shape index (κ2) is 5.49. The number of rotatable bonds is 5. The lowest BCUT2D eigenvalue weighted by atomic mass is 10.1. The first-order chi connectivity index (χ1) is 9.24. The maximum absolute atomic E-state index is 6.33. The Balaban J connectivity index is 2.13. The summed E-state index contributed by atoms with van der Waals surface area (Å²) < 4.78 is 6.33. The minimum atomic E-state index is -1.70. The molecule has 0 bridgehead atoms. The van der Waals surface area contributed by atoms with Crippen molar-refractivity contribution in [1.82, 2.24) is 4.98 Å². The van der Waals surface area contributed by atoms with Crippen LogP contribution >= 0.6 is 0 Å². The van der Waals surface area contributed by atoms with E-state index in [1.54, 1.807) is 0 Å². The van der Waals surface area contributed by atoms with E-state index in [2.05, 4.69) is 50.2 Å². The second-order valence-corrected chi connectivity index (χ2v) is 12.1. The minimum Gasteiger partial charge on any atom is -0.411 e. The van der Waals surface area contributed by atoms with Crippen molar-refractivity contribution >= 4 is 14.0 Å². The number of hydrogen-bond acceptors (Lipinski definition) is 3. The lowest BCUT2D eigenvalue weighted by Gasteiger charge is -2.36. The van der Waals surface area contributed by atoms with Crippen LogP contribution in [0, 0.1) is 0 Å². The summed E-state index contributed by atoms with van der Waals surface area (Å²) in [7, 11) is 0.241. The van der Waals surface area contributed by atoms with Crippen LogP contribution in [0.1, 0.15) is 50.8 Å². The van der Waals surface area contributed by atoms with Crippen LogP contribution in [0.4, 0.5) is 5.69 Å². The molecule has 0 saturated heterocycles. The first-order valence-corrected chi connectivity index (χ1v) is 10.5. The predicted octanol–water partition coefficient (Wildman–Crippen LogP) is 4.52. The molecule has 1 fully saturated rings. The summed E-state index contributed by atoms with van der Waals surface area (Å²) in [6.07, 6.45) is 4.50. The van der Waals surface area contributed by atoms with Gasteiger partial charge in [-0.05, 0) is 48.5 Å². The van der Waals surface area contributed by atoms with Crippen LogP contribution < -0.4 is 5.32 Å². The number of pyridine rings is 1. The minimum absolute atomic E-state index is 0.248. The van der Waals surface area contributed by atoms with Crippen LogP contribution in [0.15, 0.2) is 12.3 Å². The van der Waals surface area contributed by atoms with Crippen molar-refractivity contribution in [2.75, 3.05) is 12.4 Å². The van der Waals surface area contributed by atoms with E-state index in [1.807, 2.05) is 13.2 Å². The van der Waals surface area contributed by atoms with Gasteiger partial charge in [-0.25, -0.2) is 0 Å². The van der Waals surface area contributed by atoms with Crippen molar-refractivity contribution in [3.8, 4) is 0 Å². The molecule has 1 saturated carbocycles. The fourth-order valence-electron chi connectivity index (χ4n) is 1.98. The molecule has 1 aromatic rings. The lowest BCUT2D eigenvalue weighted by molar-refractivity contribution is 0.271. The first kappa shape index (κ1) is 15.5. The van der Waals surface area contributed by atoms with E-state index in [1.165, 1.54) is 18.4 Å². The van der Waals surface area contributed by atoms with Crippen LogP contribution in [0.5, 0.6) is 0 Å². The van der Waals surface area contributed by atoms with Crippen molar-refractivity contribution in [3.05, 3.63) is 23.5 Å². The van der Waals surface area contributed by atoms with Gasteiger partial charge in [-0.3, -0.25) is 4.98 Å². The van der Waals surface area contributed by atoms with E-state index < -0.39 is 8.32 Å². The van der Waals surface area contributed by atoms with E-state index in [0.29, 0.717) is 12.5 Å². The van der Waals surface area contributed by atoms with Gasteiger partial charge in [0, 0.05) is 7.05 Å². The van der Waals surface area contributed by atoms with Gasteiger partial charge in [-0.1, -0.05) is 20.8 Å². The molecule has 4 heteroatoms. The zero-order valence-corrected chi connectivity index (χ0v) is 14.7. The van der Waals surface area contributed by atoms with E-state index >= 15 is 0 Å². The van der Waals surface area contributed by atoms with Crippen LogP contribution in [0.3, 0.4) is 0 Å². The molecule has 1 aliphatic carbocycles. The van der Waals surface area contributed by atoms with Gasteiger partial charge in [0.05, 0.1) is 24.2 Å². The zero-order chi connectivity index (χ0) is 15.0. The fraction of sp³-hybridized carbons (Fsp3) is 0.688. The molecular weight excluding hydrogens is 264 g/mol. The highest BCUT2D eigenvalue weighted by Gasteiger charge is 2.37. The molecule has 20 heavy (non-hydrogen) atoms. The third-order valence-electron chi connectivity index (χ3n) is 4.69. The van der Waals surface area contributed by atoms with Crippen molar-refractivity contribution in [2.45, 2.75) is 64.3 Å². The molecule has 0 aromatic carbocycles. The van der Waals surface area contributed by atoms with Gasteiger partial charge in [0.2, 0.25) is 0 Å². The van der Waals surface area contributed by atoms with Crippen molar-refractivity contribution < 1.29 is 4.43 Å². The quantitative estimate of drug-likeness (QED) is 0.810. The van der Waals surface area contributed by atoms with Gasteiger partial charge >= 0.3 is 0 Å². The normalized spacial score (nSPS) is 16.3. The molecule has 0 aliphatic heterocycles. The van der Waals surface area contributed by atoms with Gasteiger partial charge < -0.3 is 9.74 Å². The molecule has 1 aliphatic rings. The molecule has 3 nitrogen and oxygen atoms in total. The van der Waals surface area contributed by atoms with Gasteiger partial charge in [-0.2, -0.15) is 0 Å². The monoisotopic (exact) mass is 292 g/mol. The van der Waals surface area contributed by atoms with E-state index in [4.69, 9.17) is 4.43 Å². The molecular formula is C16H28N2OSi. The number of hydrogen-bond donors (Lipinski definition) is 1. The van der Waals surface area contributed by atoms with Gasteiger partial charge in [0.1, 0.15) is 0 Å². The molecule has 0 atom stereocenters. The summed E-state index contributed by atoms with van der Waals surface area (Å²) in [5, 5.41) is 3.43. The highest BCUT2D eigenvalue weighted by atomic mass is 28.4. The Hall–Kier alpha value is -0.873. The Morgan fingerprint density at radius 2 is 2.00 bits per heavy atom. The third-order valence-corrected chi connectivity index (χ3v) is 9.16. The standard InChI is InChI=1S/C16H28N2OSi/c1-16(2,3)20(5,6)19-11-15-14(12-7-8-12)9-13(17-4)10-18-15/h9-10,12,17H,7-8,11H2,1-6H3. The highest BCUT2D eigenvalue weighted by molar-refractivity contribution is 6.74. The highest BCUT2D eigenvalue weighted by Crippen LogP contribution is 2.43. The summed E-state index contributed by atoms with van der Waals surface area (Å²) in [5.41, 5.74) is 3.62. The predicted molar refractivity (Wildman–Crippen MR) is 87.7 cm³/mol. The summed E-state index contributed by atoms with van der Waals surface area (Å²) >= 11 is 0. The fourth-order valence-corrected chi connectivity index (χ4v) is 2.91. The van der Waals surface area contributed by atoms with Crippen molar-refractivity contribution in [1.29, 1.82) is 0 Å². The maximum Gasteiger partial charge on any atom is 0.192 e. The molecule has 112 valence electrons. The third kappa shape index (κ3) is 3.41. The molecule has 0 spiro atoms. The summed E-state index contributed by atoms with van der Waals surface area (Å²) in [5.74, 6) is 0.703. The lowest BCUT2D eigenvalue weighted by Crippen LogP contribution is -2.40. The Morgan fingerprint density at radius 1 is 1.35 bits per heavy atom. The summed E-state index contributed by atoms with van der Waals surface area (Å²) in [4.78, 5) is 4.63. The second-order valence-electron chi connectivity index (χ2n) is 7.33. The smallest absolute Gasteiger partial charge is 0.192 e. The van der Waals surface area contributed by atoms with Crippen LogP contribution in [-0.4, -0.2) is 20.3 Å². The molecule has 1 heterocycles. The number of anilines is 1. The van der Waals surface area contributed by atoms with Gasteiger partial charge in [-0.15, -0.1) is 0 Å². The number of nitrogens with zero attached hydrogens (tertiary/aromatic N) is 1. The topological polar surface area (TPSA) is 34.2 Å². The van der Waals surface area contributed by atoms with E-state index in [0.717, 1.165) is 11.4 Å². The first-order valence-electron chi connectivity index (χ1n) is 7.55. The number of aromatic nitrogens is 1. The van der Waals surface area contributed by atoms with Crippen LogP contribution in [0.25, 0.3) is 0 Å². The SMILES string of the molecule is CNc1cnc(CO[Si](C)(C)C(C)(C)C)c(C2CC2)c1. The maximum atomic E-state index is 6.33.